The van der Waals surface area contributed by atoms with Gasteiger partial charge in [0.25, 0.3) is 0 Å². The normalized spacial score (nSPS) is 16.0. The Morgan fingerprint density at radius 3 is 2.43 bits per heavy atom. The Labute approximate surface area is 154 Å². The first-order valence-corrected chi connectivity index (χ1v) is 7.60. The Morgan fingerprint density at radius 2 is 1.87 bits per heavy atom. The minimum atomic E-state index is -0.417. The van der Waals surface area contributed by atoms with Gasteiger partial charge in [-0.1, -0.05) is 23.7 Å². The number of hydrogen-bond acceptors (Lipinski definition) is 4. The van der Waals surface area contributed by atoms with Crippen molar-refractivity contribution < 1.29 is 9.53 Å². The minimum absolute atomic E-state index is 0. The van der Waals surface area contributed by atoms with Crippen LogP contribution in [0, 0.1) is 0 Å². The lowest BCUT2D eigenvalue weighted by Gasteiger charge is -2.35. The van der Waals surface area contributed by atoms with E-state index in [-0.39, 0.29) is 30.7 Å². The number of para-hydroxylation sites is 1. The number of carbonyl (C=O) groups is 1. The van der Waals surface area contributed by atoms with Crippen molar-refractivity contribution in [1.82, 2.24) is 9.80 Å². The summed E-state index contributed by atoms with van der Waals surface area (Å²) < 4.78 is 5.68. The number of nitrogens with two attached hydrogens (primary N) is 1. The van der Waals surface area contributed by atoms with E-state index >= 15 is 0 Å². The molecule has 23 heavy (non-hydrogen) atoms. The van der Waals surface area contributed by atoms with Crippen LogP contribution < -0.4 is 10.5 Å². The molecule has 0 spiro atoms. The van der Waals surface area contributed by atoms with Crippen LogP contribution in [0.25, 0.3) is 0 Å². The largest absolute Gasteiger partial charge is 0.491 e. The van der Waals surface area contributed by atoms with Gasteiger partial charge < -0.3 is 15.4 Å². The lowest BCUT2D eigenvalue weighted by atomic mass is 10.2. The number of halogens is 3. The average Bonchev–Trinajstić information content (AvgIpc) is 2.49. The van der Waals surface area contributed by atoms with Crippen molar-refractivity contribution in [3.63, 3.8) is 0 Å². The third-order valence-corrected chi connectivity index (χ3v) is 3.89. The van der Waals surface area contributed by atoms with Crippen LogP contribution in [0.2, 0.25) is 5.02 Å². The topological polar surface area (TPSA) is 58.8 Å². The molecule has 1 saturated heterocycles. The van der Waals surface area contributed by atoms with E-state index in [0.717, 1.165) is 32.7 Å². The first kappa shape index (κ1) is 22.3. The van der Waals surface area contributed by atoms with Crippen molar-refractivity contribution in [3.05, 3.63) is 29.3 Å². The van der Waals surface area contributed by atoms with Crippen LogP contribution in [0.5, 0.6) is 5.75 Å². The minimum Gasteiger partial charge on any atom is -0.491 e. The number of carbonyl (C=O) groups excluding carboxylic acids is 1. The van der Waals surface area contributed by atoms with Gasteiger partial charge >= 0.3 is 0 Å². The predicted octanol–water partition coefficient (Wildman–Crippen LogP) is 2.05. The Bertz CT molecular complexity index is 481. The molecule has 1 aliphatic rings. The number of rotatable bonds is 5. The second-order valence-electron chi connectivity index (χ2n) is 5.23. The van der Waals surface area contributed by atoms with Gasteiger partial charge in [-0.15, -0.1) is 24.8 Å². The molecule has 0 radical (unpaired) electrons. The van der Waals surface area contributed by atoms with E-state index in [2.05, 4.69) is 4.90 Å². The first-order chi connectivity index (χ1) is 10.1. The van der Waals surface area contributed by atoms with E-state index in [0.29, 0.717) is 17.4 Å². The lowest BCUT2D eigenvalue weighted by molar-refractivity contribution is -0.133. The molecule has 1 fully saturated rings. The maximum atomic E-state index is 11.8. The van der Waals surface area contributed by atoms with Crippen molar-refractivity contribution in [2.24, 2.45) is 5.73 Å². The summed E-state index contributed by atoms with van der Waals surface area (Å²) >= 11 is 6.03. The van der Waals surface area contributed by atoms with Gasteiger partial charge in [-0.25, -0.2) is 0 Å². The second-order valence-corrected chi connectivity index (χ2v) is 5.64. The van der Waals surface area contributed by atoms with Gasteiger partial charge in [0.15, 0.2) is 0 Å². The van der Waals surface area contributed by atoms with E-state index in [1.807, 2.05) is 29.2 Å². The SMILES string of the molecule is CC(N)C(=O)N1CCN(CCOc2ccccc2Cl)CC1.Cl.Cl. The first-order valence-electron chi connectivity index (χ1n) is 7.22. The zero-order valence-electron chi connectivity index (χ0n) is 13.1. The van der Waals surface area contributed by atoms with Gasteiger partial charge in [0, 0.05) is 32.7 Å². The summed E-state index contributed by atoms with van der Waals surface area (Å²) in [6.07, 6.45) is 0. The Morgan fingerprint density at radius 1 is 1.26 bits per heavy atom. The third-order valence-electron chi connectivity index (χ3n) is 3.58. The molecule has 1 aliphatic heterocycles. The van der Waals surface area contributed by atoms with Gasteiger partial charge in [-0.2, -0.15) is 0 Å². The highest BCUT2D eigenvalue weighted by Crippen LogP contribution is 2.22. The molecule has 1 heterocycles. The highest BCUT2D eigenvalue weighted by Gasteiger charge is 2.22. The van der Waals surface area contributed by atoms with Crippen LogP contribution >= 0.6 is 36.4 Å². The Kier molecular flexibility index (Phi) is 10.6. The Balaban J connectivity index is 0.00000242. The van der Waals surface area contributed by atoms with Gasteiger partial charge in [0.1, 0.15) is 12.4 Å². The molecule has 132 valence electrons. The van der Waals surface area contributed by atoms with Crippen molar-refractivity contribution in [3.8, 4) is 5.75 Å². The van der Waals surface area contributed by atoms with E-state index in [1.54, 1.807) is 6.92 Å². The van der Waals surface area contributed by atoms with Gasteiger partial charge in [-0.3, -0.25) is 9.69 Å². The molecule has 1 amide bonds. The number of benzene rings is 1. The molecule has 1 aromatic rings. The fraction of sp³-hybridized carbons (Fsp3) is 0.533. The van der Waals surface area contributed by atoms with Crippen molar-refractivity contribution in [2.75, 3.05) is 39.3 Å². The molecule has 1 unspecified atom stereocenters. The smallest absolute Gasteiger partial charge is 0.239 e. The highest BCUT2D eigenvalue weighted by molar-refractivity contribution is 6.32. The quantitative estimate of drug-likeness (QED) is 0.844. The van der Waals surface area contributed by atoms with Crippen LogP contribution in [-0.4, -0.2) is 61.1 Å². The molecule has 0 aliphatic carbocycles. The average molecular weight is 385 g/mol. The van der Waals surface area contributed by atoms with Crippen molar-refractivity contribution in [2.45, 2.75) is 13.0 Å². The summed E-state index contributed by atoms with van der Waals surface area (Å²) in [6, 6.07) is 7.04. The van der Waals surface area contributed by atoms with Gasteiger partial charge in [0.05, 0.1) is 11.1 Å². The molecule has 1 aromatic carbocycles. The standard InChI is InChI=1S/C15H22ClN3O2.2ClH/c1-12(17)15(20)19-8-6-18(7-9-19)10-11-21-14-5-3-2-4-13(14)16;;/h2-5,12H,6-11,17H2,1H3;2*1H. The monoisotopic (exact) mass is 383 g/mol. The molecule has 8 heteroatoms. The number of ether oxygens (including phenoxy) is 1. The van der Waals surface area contributed by atoms with E-state index in [4.69, 9.17) is 22.1 Å². The Hall–Kier alpha value is -0.720. The fourth-order valence-electron chi connectivity index (χ4n) is 2.33. The number of amides is 1. The fourth-order valence-corrected chi connectivity index (χ4v) is 2.52. The lowest BCUT2D eigenvalue weighted by Crippen LogP contribution is -2.53. The van der Waals surface area contributed by atoms with Crippen LogP contribution in [0.15, 0.2) is 24.3 Å². The van der Waals surface area contributed by atoms with Gasteiger partial charge in [-0.05, 0) is 19.1 Å². The number of nitrogens with zero attached hydrogens (tertiary/aromatic N) is 2. The van der Waals surface area contributed by atoms with Crippen molar-refractivity contribution in [1.29, 1.82) is 0 Å². The maximum absolute atomic E-state index is 11.8. The summed E-state index contributed by atoms with van der Waals surface area (Å²) in [5, 5.41) is 0.629. The van der Waals surface area contributed by atoms with E-state index in [9.17, 15) is 4.79 Å². The third kappa shape index (κ3) is 6.73. The molecular weight excluding hydrogens is 361 g/mol. The molecule has 2 rings (SSSR count). The summed E-state index contributed by atoms with van der Waals surface area (Å²) in [5.41, 5.74) is 5.62. The zero-order valence-corrected chi connectivity index (χ0v) is 15.5. The van der Waals surface area contributed by atoms with Crippen LogP contribution in [0.3, 0.4) is 0 Å². The number of piperazine rings is 1. The predicted molar refractivity (Wildman–Crippen MR) is 98.1 cm³/mol. The van der Waals surface area contributed by atoms with Crippen molar-refractivity contribution >= 4 is 42.3 Å². The van der Waals surface area contributed by atoms with Crippen LogP contribution in [0.1, 0.15) is 6.92 Å². The molecular formula is C15H24Cl3N3O2. The summed E-state index contributed by atoms with van der Waals surface area (Å²) in [7, 11) is 0. The van der Waals surface area contributed by atoms with Crippen LogP contribution in [-0.2, 0) is 4.79 Å². The van der Waals surface area contributed by atoms with E-state index in [1.165, 1.54) is 0 Å². The molecule has 0 aromatic heterocycles. The molecule has 0 bridgehead atoms. The summed E-state index contributed by atoms with van der Waals surface area (Å²) in [6.45, 7) is 6.30. The molecule has 1 atom stereocenters. The molecule has 2 N–H and O–H groups in total. The molecule has 0 saturated carbocycles. The number of hydrogen-bond donors (Lipinski definition) is 1. The van der Waals surface area contributed by atoms with Crippen LogP contribution in [0.4, 0.5) is 0 Å². The van der Waals surface area contributed by atoms with E-state index < -0.39 is 6.04 Å². The highest BCUT2D eigenvalue weighted by atomic mass is 35.5. The zero-order chi connectivity index (χ0) is 15.2. The van der Waals surface area contributed by atoms with Gasteiger partial charge in [0.2, 0.25) is 5.91 Å². The second kappa shape index (κ2) is 10.9. The summed E-state index contributed by atoms with van der Waals surface area (Å²) in [4.78, 5) is 15.9. The maximum Gasteiger partial charge on any atom is 0.239 e. The molecule has 5 nitrogen and oxygen atoms in total. The summed E-state index contributed by atoms with van der Waals surface area (Å²) in [5.74, 6) is 0.743.